The summed E-state index contributed by atoms with van der Waals surface area (Å²) in [5, 5.41) is 1.21. The van der Waals surface area contributed by atoms with Crippen LogP contribution >= 0.6 is 0 Å². The molecule has 3 rings (SSSR count). The number of rotatable bonds is 3. The van der Waals surface area contributed by atoms with E-state index in [-0.39, 0.29) is 17.6 Å². The fourth-order valence-electron chi connectivity index (χ4n) is 3.10. The summed E-state index contributed by atoms with van der Waals surface area (Å²) in [5.74, 6) is 0.0950. The van der Waals surface area contributed by atoms with Crippen molar-refractivity contribution in [3.05, 3.63) is 35.5 Å². The summed E-state index contributed by atoms with van der Waals surface area (Å²) < 4.78 is 0. The number of carbonyl (C=O) groups is 2. The lowest BCUT2D eigenvalue weighted by Crippen LogP contribution is -2.23. The van der Waals surface area contributed by atoms with Gasteiger partial charge < -0.3 is 14.6 Å². The molecule has 1 aliphatic rings. The molecule has 3 heteroatoms. The zero-order valence-electron chi connectivity index (χ0n) is 10.3. The van der Waals surface area contributed by atoms with Gasteiger partial charge in [-0.15, -0.1) is 0 Å². The van der Waals surface area contributed by atoms with E-state index in [0.29, 0.717) is 6.42 Å². The first kappa shape index (κ1) is 11.2. The Kier molecular flexibility index (Phi) is 2.54. The van der Waals surface area contributed by atoms with Gasteiger partial charge in [-0.3, -0.25) is 0 Å². The number of nitrogens with one attached hydrogen (secondary N) is 1. The molecule has 92 valence electrons. The van der Waals surface area contributed by atoms with Crippen molar-refractivity contribution in [2.45, 2.75) is 25.7 Å². The summed E-state index contributed by atoms with van der Waals surface area (Å²) >= 11 is 0. The van der Waals surface area contributed by atoms with Crippen LogP contribution in [0.4, 0.5) is 0 Å². The maximum absolute atomic E-state index is 11.4. The minimum Gasteiger partial charge on any atom is -0.361 e. The van der Waals surface area contributed by atoms with E-state index in [2.05, 4.69) is 4.98 Å². The van der Waals surface area contributed by atoms with E-state index in [1.54, 1.807) is 6.92 Å². The number of aromatic amines is 1. The van der Waals surface area contributed by atoms with E-state index >= 15 is 0 Å². The van der Waals surface area contributed by atoms with Gasteiger partial charge in [-0.05, 0) is 30.5 Å². The van der Waals surface area contributed by atoms with Crippen molar-refractivity contribution in [2.24, 2.45) is 5.92 Å². The van der Waals surface area contributed by atoms with E-state index < -0.39 is 0 Å². The molecular formula is C15H15NO2. The van der Waals surface area contributed by atoms with Gasteiger partial charge in [0.1, 0.15) is 12.1 Å². The van der Waals surface area contributed by atoms with Crippen LogP contribution < -0.4 is 0 Å². The van der Waals surface area contributed by atoms with Gasteiger partial charge >= 0.3 is 0 Å². The molecule has 0 aliphatic heterocycles. The monoisotopic (exact) mass is 241 g/mol. The topological polar surface area (TPSA) is 49.9 Å². The molecule has 0 saturated heterocycles. The van der Waals surface area contributed by atoms with E-state index in [1.165, 1.54) is 10.9 Å². The molecule has 2 aromatic rings. The lowest BCUT2D eigenvalue weighted by atomic mass is 9.74. The predicted molar refractivity (Wildman–Crippen MR) is 69.6 cm³/mol. The van der Waals surface area contributed by atoms with Gasteiger partial charge in [-0.1, -0.05) is 12.1 Å². The number of benzene rings is 1. The highest BCUT2D eigenvalue weighted by molar-refractivity contribution is 5.90. The third kappa shape index (κ3) is 1.58. The smallest absolute Gasteiger partial charge is 0.130 e. The third-order valence-electron chi connectivity index (χ3n) is 3.87. The molecule has 0 fully saturated rings. The van der Waals surface area contributed by atoms with Crippen LogP contribution in [0.1, 0.15) is 30.4 Å². The lowest BCUT2D eigenvalue weighted by Gasteiger charge is -2.28. The van der Waals surface area contributed by atoms with E-state index in [0.717, 1.165) is 23.8 Å². The molecule has 0 radical (unpaired) electrons. The first-order valence-corrected chi connectivity index (χ1v) is 6.24. The standard InChI is InChI=1S/C15H15NO2/c1-9(18)5-13-11(8-17)6-10-7-16-14-4-2-3-12(13)15(10)14/h2-4,7-8,11,13,16H,5-6H2,1H3/t11-,13-/m0/s1. The van der Waals surface area contributed by atoms with Crippen LogP contribution in [-0.4, -0.2) is 17.1 Å². The van der Waals surface area contributed by atoms with Gasteiger partial charge in [0.15, 0.2) is 0 Å². The van der Waals surface area contributed by atoms with Crippen LogP contribution in [0.5, 0.6) is 0 Å². The molecule has 0 saturated carbocycles. The molecule has 18 heavy (non-hydrogen) atoms. The van der Waals surface area contributed by atoms with Crippen molar-refractivity contribution in [3.63, 3.8) is 0 Å². The fraction of sp³-hybridized carbons (Fsp3) is 0.333. The summed E-state index contributed by atoms with van der Waals surface area (Å²) in [6.07, 6.45) is 4.17. The number of ketones is 1. The molecule has 1 aromatic heterocycles. The lowest BCUT2D eigenvalue weighted by molar-refractivity contribution is -0.118. The van der Waals surface area contributed by atoms with Crippen molar-refractivity contribution in [3.8, 4) is 0 Å². The molecule has 0 unspecified atom stereocenters. The molecule has 3 nitrogen and oxygen atoms in total. The normalized spacial score (nSPS) is 22.1. The van der Waals surface area contributed by atoms with E-state index in [9.17, 15) is 9.59 Å². The third-order valence-corrected chi connectivity index (χ3v) is 3.87. The minimum absolute atomic E-state index is 0.0343. The molecule has 0 spiro atoms. The Balaban J connectivity index is 2.19. The largest absolute Gasteiger partial charge is 0.361 e. The predicted octanol–water partition coefficient (Wildman–Crippen LogP) is 2.60. The Hall–Kier alpha value is -1.90. The molecule has 1 N–H and O–H groups in total. The van der Waals surface area contributed by atoms with E-state index in [1.807, 2.05) is 24.4 Å². The Morgan fingerprint density at radius 1 is 1.50 bits per heavy atom. The second kappa shape index (κ2) is 4.09. The maximum Gasteiger partial charge on any atom is 0.130 e. The van der Waals surface area contributed by atoms with Crippen LogP contribution in [0.25, 0.3) is 10.9 Å². The van der Waals surface area contributed by atoms with Gasteiger partial charge in [0.05, 0.1) is 0 Å². The van der Waals surface area contributed by atoms with Gasteiger partial charge in [0.2, 0.25) is 0 Å². The zero-order chi connectivity index (χ0) is 12.7. The van der Waals surface area contributed by atoms with Crippen molar-refractivity contribution >= 4 is 23.0 Å². The Morgan fingerprint density at radius 2 is 2.33 bits per heavy atom. The first-order chi connectivity index (χ1) is 8.70. The van der Waals surface area contributed by atoms with Crippen molar-refractivity contribution in [2.75, 3.05) is 0 Å². The molecule has 1 aliphatic carbocycles. The number of aldehydes is 1. The van der Waals surface area contributed by atoms with Crippen LogP contribution in [0.15, 0.2) is 24.4 Å². The van der Waals surface area contributed by atoms with Crippen LogP contribution in [0, 0.1) is 5.92 Å². The molecule has 1 aromatic carbocycles. The highest BCUT2D eigenvalue weighted by atomic mass is 16.1. The Bertz CT molecular complexity index is 626. The zero-order valence-corrected chi connectivity index (χ0v) is 10.3. The number of Topliss-reactive ketones (excluding diaryl/α,β-unsaturated/α-hetero) is 1. The molecule has 0 amide bonds. The summed E-state index contributed by atoms with van der Waals surface area (Å²) in [6, 6.07) is 6.07. The number of aromatic nitrogens is 1. The second-order valence-electron chi connectivity index (χ2n) is 5.10. The SMILES string of the molecule is CC(=O)C[C@@H]1c2cccc3[nH]cc(c23)C[C@H]1C=O. The highest BCUT2D eigenvalue weighted by Gasteiger charge is 2.31. The highest BCUT2D eigenvalue weighted by Crippen LogP contribution is 2.41. The summed E-state index contributed by atoms with van der Waals surface area (Å²) in [6.45, 7) is 1.59. The van der Waals surface area contributed by atoms with Crippen LogP contribution in [0.3, 0.4) is 0 Å². The Labute approximate surface area is 105 Å². The van der Waals surface area contributed by atoms with Crippen LogP contribution in [-0.2, 0) is 16.0 Å². The second-order valence-corrected chi connectivity index (χ2v) is 5.10. The average molecular weight is 241 g/mol. The minimum atomic E-state index is -0.0807. The number of H-pyrrole nitrogens is 1. The summed E-state index contributed by atoms with van der Waals surface area (Å²) in [7, 11) is 0. The fourth-order valence-corrected chi connectivity index (χ4v) is 3.10. The van der Waals surface area contributed by atoms with Crippen molar-refractivity contribution in [1.29, 1.82) is 0 Å². The maximum atomic E-state index is 11.4. The van der Waals surface area contributed by atoms with Crippen molar-refractivity contribution < 1.29 is 9.59 Å². The van der Waals surface area contributed by atoms with Gasteiger partial charge in [-0.25, -0.2) is 0 Å². The first-order valence-electron chi connectivity index (χ1n) is 6.24. The molecule has 0 bridgehead atoms. The molecular weight excluding hydrogens is 226 g/mol. The van der Waals surface area contributed by atoms with E-state index in [4.69, 9.17) is 0 Å². The average Bonchev–Trinajstić information content (AvgIpc) is 2.76. The summed E-state index contributed by atoms with van der Waals surface area (Å²) in [5.41, 5.74) is 3.43. The quantitative estimate of drug-likeness (QED) is 0.840. The molecule has 1 heterocycles. The number of hydrogen-bond donors (Lipinski definition) is 1. The molecule has 2 atom stereocenters. The van der Waals surface area contributed by atoms with Gasteiger partial charge in [0, 0.05) is 35.4 Å². The number of carbonyl (C=O) groups excluding carboxylic acids is 2. The summed E-state index contributed by atoms with van der Waals surface area (Å²) in [4.78, 5) is 25.9. The van der Waals surface area contributed by atoms with Gasteiger partial charge in [-0.2, -0.15) is 0 Å². The Morgan fingerprint density at radius 3 is 3.06 bits per heavy atom. The van der Waals surface area contributed by atoms with Gasteiger partial charge in [0.25, 0.3) is 0 Å². The number of hydrogen-bond acceptors (Lipinski definition) is 2. The van der Waals surface area contributed by atoms with Crippen LogP contribution in [0.2, 0.25) is 0 Å². The van der Waals surface area contributed by atoms with Crippen molar-refractivity contribution in [1.82, 2.24) is 4.98 Å².